The number of esters is 1. The average Bonchev–Trinajstić information content (AvgIpc) is 2.86. The monoisotopic (exact) mass is 520 g/mol. The molecule has 0 N–H and O–H groups in total. The Hall–Kier alpha value is -2.75. The number of hydrogen-bond donors (Lipinski definition) is 0. The molecule has 1 aromatic heterocycles. The number of unbranched alkanes of at least 4 members (excludes halogenated alkanes) is 4. The molecule has 9 nitrogen and oxygen atoms in total. The Morgan fingerprint density at radius 3 is 2.53 bits per heavy atom. The molecule has 0 amide bonds. The largest absolute Gasteiger partial charge is 0.493 e. The van der Waals surface area contributed by atoms with Crippen LogP contribution in [-0.2, 0) is 23.6 Å². The molecule has 2 rings (SSSR count). The van der Waals surface area contributed by atoms with E-state index in [9.17, 15) is 14.4 Å². The Kier molecular flexibility index (Phi) is 12.6. The molecular weight excluding hydrogens is 480 g/mol. The standard InChI is InChI=1S/C26H40N4O5S/c1-6-8-9-10-11-16-30(23-24(31)28(4)26(33)29(5)27-23)17-13-18-35-21-14-12-15-22(19-21)36-20(3)25(32)34-7-2/h12,14-15,19-20H,6-11,13,16-18H2,1-5H3. The summed E-state index contributed by atoms with van der Waals surface area (Å²) in [4.78, 5) is 39.6. The third-order valence-electron chi connectivity index (χ3n) is 5.71. The van der Waals surface area contributed by atoms with Crippen LogP contribution in [0.15, 0.2) is 38.8 Å². The van der Waals surface area contributed by atoms with E-state index in [0.717, 1.165) is 34.5 Å². The minimum atomic E-state index is -0.440. The lowest BCUT2D eigenvalue weighted by molar-refractivity contribution is -0.142. The first-order valence-corrected chi connectivity index (χ1v) is 13.6. The van der Waals surface area contributed by atoms with E-state index < -0.39 is 5.69 Å². The predicted molar refractivity (Wildman–Crippen MR) is 144 cm³/mol. The number of aryl methyl sites for hydroxylation is 1. The highest BCUT2D eigenvalue weighted by molar-refractivity contribution is 8.00. The summed E-state index contributed by atoms with van der Waals surface area (Å²) in [5.74, 6) is 0.779. The quantitative estimate of drug-likeness (QED) is 0.188. The van der Waals surface area contributed by atoms with E-state index in [1.165, 1.54) is 36.3 Å². The second-order valence-electron chi connectivity index (χ2n) is 8.68. The van der Waals surface area contributed by atoms with Gasteiger partial charge in [-0.2, -0.15) is 0 Å². The van der Waals surface area contributed by atoms with Crippen molar-refractivity contribution in [1.29, 1.82) is 0 Å². The van der Waals surface area contributed by atoms with Gasteiger partial charge in [0.2, 0.25) is 5.82 Å². The number of rotatable bonds is 16. The number of benzene rings is 1. The number of aromatic nitrogens is 3. The van der Waals surface area contributed by atoms with Crippen LogP contribution in [0.1, 0.15) is 59.3 Å². The van der Waals surface area contributed by atoms with Crippen molar-refractivity contribution in [2.75, 3.05) is 31.2 Å². The van der Waals surface area contributed by atoms with Crippen molar-refractivity contribution in [3.63, 3.8) is 0 Å². The van der Waals surface area contributed by atoms with Crippen molar-refractivity contribution < 1.29 is 14.3 Å². The third-order valence-corrected chi connectivity index (χ3v) is 6.79. The highest BCUT2D eigenvalue weighted by Crippen LogP contribution is 2.27. The second-order valence-corrected chi connectivity index (χ2v) is 10.1. The van der Waals surface area contributed by atoms with Crippen LogP contribution in [0.3, 0.4) is 0 Å². The van der Waals surface area contributed by atoms with Crippen LogP contribution < -0.4 is 20.9 Å². The molecule has 0 radical (unpaired) electrons. The van der Waals surface area contributed by atoms with Gasteiger partial charge in [0.05, 0.1) is 13.2 Å². The molecule has 1 atom stereocenters. The van der Waals surface area contributed by atoms with Crippen molar-refractivity contribution in [3.05, 3.63) is 45.1 Å². The smallest absolute Gasteiger partial charge is 0.346 e. The summed E-state index contributed by atoms with van der Waals surface area (Å²) in [6, 6.07) is 7.63. The molecule has 2 aromatic rings. The SMILES string of the molecule is CCCCCCCN(CCCOc1cccc(SC(C)C(=O)OCC)c1)c1nn(C)c(=O)n(C)c1=O. The molecule has 1 aromatic carbocycles. The fourth-order valence-electron chi connectivity index (χ4n) is 3.70. The maximum Gasteiger partial charge on any atom is 0.346 e. The van der Waals surface area contributed by atoms with Gasteiger partial charge in [0.1, 0.15) is 11.0 Å². The molecular formula is C26H40N4O5S. The number of carbonyl (C=O) groups excluding carboxylic acids is 1. The molecule has 0 aliphatic heterocycles. The Labute approximate surface area is 217 Å². The molecule has 0 saturated heterocycles. The van der Waals surface area contributed by atoms with Gasteiger partial charge in [-0.15, -0.1) is 16.9 Å². The Balaban J connectivity index is 1.99. The topological polar surface area (TPSA) is 95.7 Å². The fourth-order valence-corrected chi connectivity index (χ4v) is 4.62. The minimum absolute atomic E-state index is 0.234. The Bertz CT molecular complexity index is 1080. The Morgan fingerprint density at radius 1 is 1.08 bits per heavy atom. The molecule has 1 heterocycles. The van der Waals surface area contributed by atoms with Gasteiger partial charge in [-0.1, -0.05) is 38.7 Å². The number of anilines is 1. The number of carbonyl (C=O) groups is 1. The van der Waals surface area contributed by atoms with Gasteiger partial charge in [0, 0.05) is 32.1 Å². The van der Waals surface area contributed by atoms with E-state index in [2.05, 4.69) is 12.0 Å². The normalized spacial score (nSPS) is 11.8. The molecule has 0 saturated carbocycles. The Morgan fingerprint density at radius 2 is 1.81 bits per heavy atom. The summed E-state index contributed by atoms with van der Waals surface area (Å²) in [6.45, 7) is 7.91. The highest BCUT2D eigenvalue weighted by atomic mass is 32.2. The molecule has 0 bridgehead atoms. The summed E-state index contributed by atoms with van der Waals surface area (Å²) in [5, 5.41) is 3.96. The molecule has 36 heavy (non-hydrogen) atoms. The molecule has 10 heteroatoms. The molecule has 1 unspecified atom stereocenters. The van der Waals surface area contributed by atoms with E-state index in [-0.39, 0.29) is 16.8 Å². The lowest BCUT2D eigenvalue weighted by Crippen LogP contribution is -2.43. The van der Waals surface area contributed by atoms with Crippen molar-refractivity contribution >= 4 is 23.5 Å². The zero-order valence-electron chi connectivity index (χ0n) is 22.2. The van der Waals surface area contributed by atoms with Crippen molar-refractivity contribution in [2.45, 2.75) is 69.4 Å². The summed E-state index contributed by atoms with van der Waals surface area (Å²) in [6.07, 6.45) is 6.25. The van der Waals surface area contributed by atoms with Gasteiger partial charge in [-0.05, 0) is 44.9 Å². The summed E-state index contributed by atoms with van der Waals surface area (Å²) in [5.41, 5.74) is -0.821. The molecule has 0 fully saturated rings. The summed E-state index contributed by atoms with van der Waals surface area (Å²) in [7, 11) is 3.04. The third kappa shape index (κ3) is 9.04. The van der Waals surface area contributed by atoms with Crippen LogP contribution in [0.2, 0.25) is 0 Å². The van der Waals surface area contributed by atoms with Gasteiger partial charge in [-0.25, -0.2) is 9.48 Å². The van der Waals surface area contributed by atoms with Crippen LogP contribution in [0, 0.1) is 0 Å². The fraction of sp³-hybridized carbons (Fsp3) is 0.615. The van der Waals surface area contributed by atoms with Gasteiger partial charge in [-0.3, -0.25) is 14.2 Å². The summed E-state index contributed by atoms with van der Waals surface area (Å²) >= 11 is 1.43. The lowest BCUT2D eigenvalue weighted by atomic mass is 10.1. The summed E-state index contributed by atoms with van der Waals surface area (Å²) < 4.78 is 13.3. The molecule has 200 valence electrons. The van der Waals surface area contributed by atoms with Crippen molar-refractivity contribution in [2.24, 2.45) is 14.1 Å². The number of ether oxygens (including phenoxy) is 2. The maximum atomic E-state index is 12.8. The predicted octanol–water partition coefficient (Wildman–Crippen LogP) is 3.77. The van der Waals surface area contributed by atoms with Crippen LogP contribution in [0.4, 0.5) is 5.82 Å². The van der Waals surface area contributed by atoms with Gasteiger partial charge >= 0.3 is 11.7 Å². The van der Waals surface area contributed by atoms with E-state index in [4.69, 9.17) is 9.47 Å². The average molecular weight is 521 g/mol. The van der Waals surface area contributed by atoms with Gasteiger partial charge in [0.25, 0.3) is 5.56 Å². The van der Waals surface area contributed by atoms with E-state index in [1.807, 2.05) is 36.1 Å². The van der Waals surface area contributed by atoms with E-state index >= 15 is 0 Å². The number of thioether (sulfide) groups is 1. The first-order valence-electron chi connectivity index (χ1n) is 12.7. The van der Waals surface area contributed by atoms with Gasteiger partial charge < -0.3 is 14.4 Å². The zero-order valence-corrected chi connectivity index (χ0v) is 23.0. The second kappa shape index (κ2) is 15.4. The van der Waals surface area contributed by atoms with E-state index in [0.29, 0.717) is 38.5 Å². The molecule has 0 aliphatic rings. The first-order chi connectivity index (χ1) is 17.3. The molecule has 0 spiro atoms. The van der Waals surface area contributed by atoms with Gasteiger partial charge in [0.15, 0.2) is 0 Å². The van der Waals surface area contributed by atoms with Crippen LogP contribution in [-0.4, -0.2) is 51.9 Å². The minimum Gasteiger partial charge on any atom is -0.493 e. The highest BCUT2D eigenvalue weighted by Gasteiger charge is 2.17. The zero-order chi connectivity index (χ0) is 26.5. The van der Waals surface area contributed by atoms with Crippen molar-refractivity contribution in [3.8, 4) is 5.75 Å². The maximum absolute atomic E-state index is 12.8. The van der Waals surface area contributed by atoms with Crippen LogP contribution in [0.5, 0.6) is 5.75 Å². The molecule has 0 aliphatic carbocycles. The lowest BCUT2D eigenvalue weighted by Gasteiger charge is -2.23. The van der Waals surface area contributed by atoms with E-state index in [1.54, 1.807) is 14.0 Å². The number of nitrogens with zero attached hydrogens (tertiary/aromatic N) is 4. The first kappa shape index (κ1) is 29.5. The number of hydrogen-bond acceptors (Lipinski definition) is 8. The van der Waals surface area contributed by atoms with Crippen molar-refractivity contribution in [1.82, 2.24) is 14.3 Å². The van der Waals surface area contributed by atoms with Crippen LogP contribution in [0.25, 0.3) is 0 Å². The van der Waals surface area contributed by atoms with Crippen LogP contribution >= 0.6 is 11.8 Å².